The smallest absolute Gasteiger partial charge is 0.0779 e. The lowest BCUT2D eigenvalue weighted by Gasteiger charge is -2.22. The van der Waals surface area contributed by atoms with Gasteiger partial charge in [-0.1, -0.05) is 6.92 Å². The van der Waals surface area contributed by atoms with Crippen molar-refractivity contribution in [1.29, 1.82) is 0 Å². The van der Waals surface area contributed by atoms with E-state index in [9.17, 15) is 9.32 Å². The molecule has 0 aromatic heterocycles. The monoisotopic (exact) mass is 235 g/mol. The third kappa shape index (κ3) is 5.06. The van der Waals surface area contributed by atoms with Gasteiger partial charge in [0.25, 0.3) is 0 Å². The summed E-state index contributed by atoms with van der Waals surface area (Å²) in [4.78, 5) is 0. The molecule has 0 amide bonds. The van der Waals surface area contributed by atoms with Crippen molar-refractivity contribution >= 4 is 10.8 Å². The van der Waals surface area contributed by atoms with Gasteiger partial charge in [-0.15, -0.1) is 0 Å². The fourth-order valence-corrected chi connectivity index (χ4v) is 3.12. The second-order valence-electron chi connectivity index (χ2n) is 3.82. The van der Waals surface area contributed by atoms with Crippen LogP contribution in [0.25, 0.3) is 0 Å². The first-order valence-corrected chi connectivity index (χ1v) is 6.96. The molecule has 90 valence electrons. The Morgan fingerprint density at radius 1 is 1.53 bits per heavy atom. The van der Waals surface area contributed by atoms with Crippen LogP contribution in [0.3, 0.4) is 0 Å². The Balaban J connectivity index is 2.21. The molecule has 1 aliphatic heterocycles. The van der Waals surface area contributed by atoms with E-state index in [1.54, 1.807) is 0 Å². The standard InChI is InChI=1S/C10H21NO3S/c1-2-11-7-9(12)8-15(13)10-3-5-14-6-4-10/h9-12H,2-8H2,1H3. The molecule has 1 aliphatic rings. The Labute approximate surface area is 93.8 Å². The molecular weight excluding hydrogens is 214 g/mol. The van der Waals surface area contributed by atoms with Gasteiger partial charge in [0.1, 0.15) is 0 Å². The van der Waals surface area contributed by atoms with Gasteiger partial charge in [0, 0.05) is 35.8 Å². The Kier molecular flexibility index (Phi) is 6.40. The van der Waals surface area contributed by atoms with Gasteiger partial charge in [0.2, 0.25) is 0 Å². The largest absolute Gasteiger partial charge is 0.391 e. The summed E-state index contributed by atoms with van der Waals surface area (Å²) in [6.45, 7) is 4.77. The highest BCUT2D eigenvalue weighted by atomic mass is 32.2. The van der Waals surface area contributed by atoms with Gasteiger partial charge in [-0.3, -0.25) is 4.21 Å². The van der Waals surface area contributed by atoms with Gasteiger partial charge >= 0.3 is 0 Å². The Morgan fingerprint density at radius 2 is 2.20 bits per heavy atom. The topological polar surface area (TPSA) is 58.6 Å². The van der Waals surface area contributed by atoms with Crippen molar-refractivity contribution in [2.24, 2.45) is 0 Å². The summed E-state index contributed by atoms with van der Waals surface area (Å²) in [6.07, 6.45) is 1.23. The van der Waals surface area contributed by atoms with Crippen LogP contribution < -0.4 is 5.32 Å². The van der Waals surface area contributed by atoms with Crippen LogP contribution in [0.15, 0.2) is 0 Å². The lowest BCUT2D eigenvalue weighted by atomic mass is 10.2. The summed E-state index contributed by atoms with van der Waals surface area (Å²) < 4.78 is 17.0. The maximum atomic E-state index is 11.8. The van der Waals surface area contributed by atoms with Crippen LogP contribution in [0.5, 0.6) is 0 Å². The second kappa shape index (κ2) is 7.33. The lowest BCUT2D eigenvalue weighted by Crippen LogP contribution is -2.35. The average molecular weight is 235 g/mol. The molecule has 0 spiro atoms. The molecule has 0 saturated carbocycles. The Hall–Kier alpha value is 0.0300. The third-order valence-electron chi connectivity index (χ3n) is 2.53. The van der Waals surface area contributed by atoms with Crippen molar-refractivity contribution in [1.82, 2.24) is 5.32 Å². The SMILES string of the molecule is CCNCC(O)CS(=O)C1CCOCC1. The summed E-state index contributed by atoms with van der Waals surface area (Å²) in [7, 11) is -0.910. The first-order valence-electron chi connectivity index (χ1n) is 5.57. The first kappa shape index (κ1) is 13.1. The fourth-order valence-electron chi connectivity index (χ4n) is 1.63. The van der Waals surface area contributed by atoms with Crippen molar-refractivity contribution in [3.63, 3.8) is 0 Å². The molecule has 1 heterocycles. The molecule has 5 heteroatoms. The third-order valence-corrected chi connectivity index (χ3v) is 4.46. The van der Waals surface area contributed by atoms with E-state index in [4.69, 9.17) is 4.74 Å². The number of aliphatic hydroxyl groups is 1. The summed E-state index contributed by atoms with van der Waals surface area (Å²) in [6, 6.07) is 0. The van der Waals surface area contributed by atoms with E-state index >= 15 is 0 Å². The molecule has 1 rings (SSSR count). The predicted molar refractivity (Wildman–Crippen MR) is 61.4 cm³/mol. The summed E-state index contributed by atoms with van der Waals surface area (Å²) >= 11 is 0. The van der Waals surface area contributed by atoms with Gasteiger partial charge in [-0.05, 0) is 19.4 Å². The van der Waals surface area contributed by atoms with Crippen LogP contribution in [0.1, 0.15) is 19.8 Å². The van der Waals surface area contributed by atoms with E-state index in [0.717, 1.165) is 19.4 Å². The summed E-state index contributed by atoms with van der Waals surface area (Å²) in [5, 5.41) is 12.9. The molecule has 0 aliphatic carbocycles. The minimum absolute atomic E-state index is 0.218. The van der Waals surface area contributed by atoms with Gasteiger partial charge in [0.05, 0.1) is 11.9 Å². The minimum atomic E-state index is -0.910. The molecule has 0 radical (unpaired) electrons. The van der Waals surface area contributed by atoms with Crippen LogP contribution in [0.2, 0.25) is 0 Å². The highest BCUT2D eigenvalue weighted by molar-refractivity contribution is 7.85. The molecule has 2 N–H and O–H groups in total. The van der Waals surface area contributed by atoms with Crippen molar-refractivity contribution in [3.8, 4) is 0 Å². The molecule has 0 bridgehead atoms. The predicted octanol–water partition coefficient (Wildman–Crippen LogP) is -0.115. The normalized spacial score (nSPS) is 22.5. The lowest BCUT2D eigenvalue weighted by molar-refractivity contribution is 0.0989. The molecule has 0 aromatic rings. The van der Waals surface area contributed by atoms with Crippen molar-refractivity contribution in [2.75, 3.05) is 32.1 Å². The van der Waals surface area contributed by atoms with Crippen LogP contribution in [-0.4, -0.2) is 52.7 Å². The van der Waals surface area contributed by atoms with Crippen molar-refractivity contribution in [2.45, 2.75) is 31.1 Å². The number of rotatable bonds is 6. The van der Waals surface area contributed by atoms with E-state index in [1.807, 2.05) is 6.92 Å². The maximum Gasteiger partial charge on any atom is 0.0779 e. The van der Waals surface area contributed by atoms with E-state index in [0.29, 0.717) is 25.5 Å². The van der Waals surface area contributed by atoms with E-state index < -0.39 is 16.9 Å². The van der Waals surface area contributed by atoms with Crippen LogP contribution in [0, 0.1) is 0 Å². The van der Waals surface area contributed by atoms with E-state index in [-0.39, 0.29) is 5.25 Å². The zero-order valence-corrected chi connectivity index (χ0v) is 10.1. The van der Waals surface area contributed by atoms with E-state index in [2.05, 4.69) is 5.32 Å². The zero-order chi connectivity index (χ0) is 11.1. The second-order valence-corrected chi connectivity index (χ2v) is 5.58. The zero-order valence-electron chi connectivity index (χ0n) is 9.28. The number of aliphatic hydroxyl groups excluding tert-OH is 1. The Morgan fingerprint density at radius 3 is 2.80 bits per heavy atom. The fraction of sp³-hybridized carbons (Fsp3) is 1.00. The quantitative estimate of drug-likeness (QED) is 0.674. The molecule has 15 heavy (non-hydrogen) atoms. The molecular formula is C10H21NO3S. The minimum Gasteiger partial charge on any atom is -0.391 e. The summed E-state index contributed by atoms with van der Waals surface area (Å²) in [5.74, 6) is 0.387. The number of likely N-dealkylation sites (N-methyl/N-ethyl adjacent to an activating group) is 1. The number of ether oxygens (including phenoxy) is 1. The average Bonchev–Trinajstić information content (AvgIpc) is 2.27. The highest BCUT2D eigenvalue weighted by Gasteiger charge is 2.21. The van der Waals surface area contributed by atoms with Crippen molar-refractivity contribution < 1.29 is 14.1 Å². The molecule has 1 saturated heterocycles. The van der Waals surface area contributed by atoms with E-state index in [1.165, 1.54) is 0 Å². The molecule has 2 atom stereocenters. The van der Waals surface area contributed by atoms with Gasteiger partial charge in [-0.25, -0.2) is 0 Å². The number of hydrogen-bond acceptors (Lipinski definition) is 4. The highest BCUT2D eigenvalue weighted by Crippen LogP contribution is 2.13. The molecule has 2 unspecified atom stereocenters. The van der Waals surface area contributed by atoms with Crippen LogP contribution in [-0.2, 0) is 15.5 Å². The number of nitrogens with one attached hydrogen (secondary N) is 1. The molecule has 4 nitrogen and oxygen atoms in total. The van der Waals surface area contributed by atoms with Gasteiger partial charge in [-0.2, -0.15) is 0 Å². The maximum absolute atomic E-state index is 11.8. The van der Waals surface area contributed by atoms with Gasteiger partial charge in [0.15, 0.2) is 0 Å². The summed E-state index contributed by atoms with van der Waals surface area (Å²) in [5.41, 5.74) is 0. The Bertz CT molecular complexity index is 195. The molecule has 0 aromatic carbocycles. The van der Waals surface area contributed by atoms with Crippen molar-refractivity contribution in [3.05, 3.63) is 0 Å². The van der Waals surface area contributed by atoms with Gasteiger partial charge < -0.3 is 15.2 Å². The molecule has 1 fully saturated rings. The van der Waals surface area contributed by atoms with Crippen LogP contribution in [0.4, 0.5) is 0 Å². The first-order chi connectivity index (χ1) is 7.24. The number of hydrogen-bond donors (Lipinski definition) is 2. The van der Waals surface area contributed by atoms with Crippen LogP contribution >= 0.6 is 0 Å².